The molecule has 0 bridgehead atoms. The number of anilines is 2. The Morgan fingerprint density at radius 1 is 1.00 bits per heavy atom. The van der Waals surface area contributed by atoms with E-state index in [0.717, 1.165) is 47.0 Å². The molecule has 6 rings (SSSR count). The van der Waals surface area contributed by atoms with Crippen LogP contribution in [-0.4, -0.2) is 36.3 Å². The molecule has 6 nitrogen and oxygen atoms in total. The van der Waals surface area contributed by atoms with Crippen molar-refractivity contribution < 1.29 is 4.74 Å². The summed E-state index contributed by atoms with van der Waals surface area (Å²) < 4.78 is 5.49. The molecule has 2 N–H and O–H groups in total. The Labute approximate surface area is 224 Å². The number of H-pyrrole nitrogens is 1. The summed E-state index contributed by atoms with van der Waals surface area (Å²) in [6.07, 6.45) is 1.91. The second kappa shape index (κ2) is 10.3. The van der Waals surface area contributed by atoms with E-state index in [1.54, 1.807) is 29.6 Å². The summed E-state index contributed by atoms with van der Waals surface area (Å²) >= 11 is 3.53. The Bertz CT molecular complexity index is 1500. The highest BCUT2D eigenvalue weighted by atomic mass is 32.2. The minimum atomic E-state index is -0.0849. The van der Waals surface area contributed by atoms with Crippen molar-refractivity contribution in [2.45, 2.75) is 39.5 Å². The van der Waals surface area contributed by atoms with Crippen molar-refractivity contribution in [1.82, 2.24) is 9.97 Å². The maximum Gasteiger partial charge on any atom is 0.250 e. The largest absolute Gasteiger partial charge is 0.378 e. The summed E-state index contributed by atoms with van der Waals surface area (Å²) in [6.45, 7) is 7.14. The standard InChI is InChI=1S/C29H28N4O2S2/c1-18-6-8-23(30-17-18)19(2)31-20-7-9-25-27(14-20)36-26-5-3-4-22(29(26)37-25)24-15-21(16-28(34)32-24)33-10-12-35-13-11-33/h3-9,14-17,19,31H,10-13H2,1-2H3,(H,32,34). The molecule has 0 saturated carbocycles. The fourth-order valence-corrected chi connectivity index (χ4v) is 7.05. The summed E-state index contributed by atoms with van der Waals surface area (Å²) in [6, 6.07) is 20.9. The number of nitrogens with one attached hydrogen (secondary N) is 2. The highest BCUT2D eigenvalue weighted by Crippen LogP contribution is 2.52. The van der Waals surface area contributed by atoms with E-state index < -0.39 is 0 Å². The van der Waals surface area contributed by atoms with Crippen LogP contribution in [0.2, 0.25) is 0 Å². The van der Waals surface area contributed by atoms with E-state index >= 15 is 0 Å². The van der Waals surface area contributed by atoms with E-state index in [-0.39, 0.29) is 11.6 Å². The number of ether oxygens (including phenoxy) is 1. The average Bonchev–Trinajstić information content (AvgIpc) is 2.92. The van der Waals surface area contributed by atoms with Gasteiger partial charge in [0.2, 0.25) is 5.56 Å². The minimum absolute atomic E-state index is 0.0849. The molecule has 2 aliphatic rings. The molecular weight excluding hydrogens is 500 g/mol. The number of aryl methyl sites for hydroxylation is 1. The molecule has 0 amide bonds. The van der Waals surface area contributed by atoms with Crippen molar-refractivity contribution in [1.29, 1.82) is 0 Å². The monoisotopic (exact) mass is 528 g/mol. The molecule has 0 radical (unpaired) electrons. The lowest BCUT2D eigenvalue weighted by atomic mass is 10.1. The minimum Gasteiger partial charge on any atom is -0.378 e. The van der Waals surface area contributed by atoms with Gasteiger partial charge in [-0.3, -0.25) is 9.78 Å². The van der Waals surface area contributed by atoms with Crippen LogP contribution in [0.3, 0.4) is 0 Å². The van der Waals surface area contributed by atoms with Crippen molar-refractivity contribution in [3.05, 3.63) is 88.5 Å². The SMILES string of the molecule is Cc1ccc(C(C)Nc2ccc3c(c2)Sc2cccc(-c4cc(N5CCOCC5)cc(=O)[nH]4)c2S3)nc1. The van der Waals surface area contributed by atoms with Gasteiger partial charge in [-0.1, -0.05) is 41.7 Å². The first-order chi connectivity index (χ1) is 18.0. The zero-order valence-electron chi connectivity index (χ0n) is 20.8. The molecule has 37 heavy (non-hydrogen) atoms. The molecule has 0 spiro atoms. The highest BCUT2D eigenvalue weighted by molar-refractivity contribution is 8.05. The molecule has 188 valence electrons. The Balaban J connectivity index is 1.27. The summed E-state index contributed by atoms with van der Waals surface area (Å²) in [4.78, 5) is 27.3. The zero-order chi connectivity index (χ0) is 25.4. The molecule has 4 heterocycles. The third kappa shape index (κ3) is 5.14. The fraction of sp³-hybridized carbons (Fsp3) is 0.241. The topological polar surface area (TPSA) is 70.2 Å². The summed E-state index contributed by atoms with van der Waals surface area (Å²) in [7, 11) is 0. The Morgan fingerprint density at radius 2 is 1.86 bits per heavy atom. The van der Waals surface area contributed by atoms with Crippen molar-refractivity contribution >= 4 is 34.9 Å². The van der Waals surface area contributed by atoms with Gasteiger partial charge in [0, 0.05) is 61.9 Å². The van der Waals surface area contributed by atoms with Gasteiger partial charge in [0.05, 0.1) is 30.6 Å². The number of hydrogen-bond donors (Lipinski definition) is 2. The maximum absolute atomic E-state index is 12.6. The second-order valence-corrected chi connectivity index (χ2v) is 11.5. The predicted molar refractivity (Wildman–Crippen MR) is 151 cm³/mol. The Morgan fingerprint density at radius 3 is 2.68 bits per heavy atom. The van der Waals surface area contributed by atoms with Gasteiger partial charge >= 0.3 is 0 Å². The van der Waals surface area contributed by atoms with Crippen molar-refractivity contribution in [2.24, 2.45) is 0 Å². The summed E-state index contributed by atoms with van der Waals surface area (Å²) in [5.74, 6) is 0. The molecule has 1 saturated heterocycles. The van der Waals surface area contributed by atoms with Crippen LogP contribution < -0.4 is 15.8 Å². The van der Waals surface area contributed by atoms with E-state index in [0.29, 0.717) is 13.2 Å². The normalized spacial score (nSPS) is 15.6. The van der Waals surface area contributed by atoms with Gasteiger partial charge < -0.3 is 19.9 Å². The number of aromatic nitrogens is 2. The predicted octanol–water partition coefficient (Wildman–Crippen LogP) is 6.37. The molecule has 4 aromatic rings. The first kappa shape index (κ1) is 24.2. The smallest absolute Gasteiger partial charge is 0.250 e. The number of nitrogens with zero attached hydrogens (tertiary/aromatic N) is 2. The van der Waals surface area contributed by atoms with E-state index in [4.69, 9.17) is 4.74 Å². The van der Waals surface area contributed by atoms with Gasteiger partial charge in [0.25, 0.3) is 0 Å². The fourth-order valence-electron chi connectivity index (χ4n) is 4.64. The van der Waals surface area contributed by atoms with Gasteiger partial charge in [-0.25, -0.2) is 0 Å². The van der Waals surface area contributed by atoms with E-state index in [9.17, 15) is 4.79 Å². The summed E-state index contributed by atoms with van der Waals surface area (Å²) in [5, 5.41) is 3.59. The third-order valence-corrected chi connectivity index (χ3v) is 9.21. The van der Waals surface area contributed by atoms with E-state index in [1.807, 2.05) is 6.20 Å². The number of pyridine rings is 2. The van der Waals surface area contributed by atoms with Crippen LogP contribution in [0.25, 0.3) is 11.3 Å². The van der Waals surface area contributed by atoms with Crippen LogP contribution in [0.5, 0.6) is 0 Å². The van der Waals surface area contributed by atoms with Crippen LogP contribution >= 0.6 is 23.5 Å². The molecule has 0 aliphatic carbocycles. The van der Waals surface area contributed by atoms with Crippen LogP contribution in [0, 0.1) is 6.92 Å². The number of morpholine rings is 1. The maximum atomic E-state index is 12.6. The van der Waals surface area contributed by atoms with Crippen LogP contribution in [0.15, 0.2) is 91.2 Å². The molecule has 2 aromatic heterocycles. The van der Waals surface area contributed by atoms with Crippen molar-refractivity contribution in [3.63, 3.8) is 0 Å². The van der Waals surface area contributed by atoms with Crippen molar-refractivity contribution in [3.8, 4) is 11.3 Å². The second-order valence-electron chi connectivity index (χ2n) is 9.34. The van der Waals surface area contributed by atoms with Gasteiger partial charge in [0.1, 0.15) is 0 Å². The van der Waals surface area contributed by atoms with Crippen LogP contribution in [-0.2, 0) is 4.74 Å². The quantitative estimate of drug-likeness (QED) is 0.275. The number of hydrogen-bond acceptors (Lipinski definition) is 7. The first-order valence-corrected chi connectivity index (χ1v) is 14.1. The van der Waals surface area contributed by atoms with Gasteiger partial charge in [-0.15, -0.1) is 0 Å². The lowest BCUT2D eigenvalue weighted by molar-refractivity contribution is 0.122. The van der Waals surface area contributed by atoms with Crippen LogP contribution in [0.1, 0.15) is 24.2 Å². The van der Waals surface area contributed by atoms with Gasteiger partial charge in [-0.2, -0.15) is 0 Å². The molecule has 1 atom stereocenters. The molecular formula is C29H28N4O2S2. The Hall–Kier alpha value is -3.20. The van der Waals surface area contributed by atoms with E-state index in [1.165, 1.54) is 19.6 Å². The molecule has 8 heteroatoms. The molecule has 2 aliphatic heterocycles. The Kier molecular flexibility index (Phi) is 6.71. The van der Waals surface area contributed by atoms with E-state index in [2.05, 4.69) is 88.6 Å². The molecule has 1 unspecified atom stereocenters. The molecule has 1 fully saturated rings. The lowest BCUT2D eigenvalue weighted by Gasteiger charge is -2.29. The number of benzene rings is 2. The average molecular weight is 529 g/mol. The zero-order valence-corrected chi connectivity index (χ0v) is 22.4. The third-order valence-electron chi connectivity index (χ3n) is 6.61. The van der Waals surface area contributed by atoms with Gasteiger partial charge in [-0.05, 0) is 55.8 Å². The first-order valence-electron chi connectivity index (χ1n) is 12.4. The lowest BCUT2D eigenvalue weighted by Crippen LogP contribution is -2.36. The number of fused-ring (bicyclic) bond motifs is 2. The summed E-state index contributed by atoms with van der Waals surface area (Å²) in [5.41, 5.74) is 6.01. The van der Waals surface area contributed by atoms with Gasteiger partial charge in [0.15, 0.2) is 0 Å². The van der Waals surface area contributed by atoms with Crippen LogP contribution in [0.4, 0.5) is 11.4 Å². The number of rotatable bonds is 5. The molecule has 2 aromatic carbocycles. The number of aromatic amines is 1. The van der Waals surface area contributed by atoms with Crippen molar-refractivity contribution in [2.75, 3.05) is 36.5 Å². The highest BCUT2D eigenvalue weighted by Gasteiger charge is 2.22.